The summed E-state index contributed by atoms with van der Waals surface area (Å²) in [5.74, 6) is -1.84. The van der Waals surface area contributed by atoms with E-state index in [0.29, 0.717) is 38.5 Å². The number of aliphatic hydroxyl groups excluding tert-OH is 1. The maximum Gasteiger partial charge on any atom is 0.377 e. The molecule has 1 N–H and O–H groups in total. The topological polar surface area (TPSA) is 99.1 Å². The lowest BCUT2D eigenvalue weighted by Gasteiger charge is -2.70. The predicted octanol–water partition coefficient (Wildman–Crippen LogP) is 2.85. The van der Waals surface area contributed by atoms with E-state index in [4.69, 9.17) is 25.8 Å². The van der Waals surface area contributed by atoms with Gasteiger partial charge >= 0.3 is 5.97 Å². The third-order valence-corrected chi connectivity index (χ3v) is 10.7. The van der Waals surface area contributed by atoms with Crippen molar-refractivity contribution in [3.05, 3.63) is 11.6 Å². The lowest BCUT2D eigenvalue weighted by Crippen LogP contribution is -2.78. The van der Waals surface area contributed by atoms with Gasteiger partial charge < -0.3 is 19.3 Å². The molecule has 0 spiro atoms. The second kappa shape index (κ2) is 6.65. The molecule has 4 aliphatic carbocycles. The van der Waals surface area contributed by atoms with Crippen LogP contribution >= 0.6 is 11.6 Å². The Kier molecular flexibility index (Phi) is 4.68. The molecule has 176 valence electrons. The van der Waals surface area contributed by atoms with Gasteiger partial charge in [0.2, 0.25) is 0 Å². The average Bonchev–Trinajstić information content (AvgIpc) is 2.87. The molecular weight excluding hydrogens is 436 g/mol. The van der Waals surface area contributed by atoms with Crippen molar-refractivity contribution in [3.63, 3.8) is 0 Å². The summed E-state index contributed by atoms with van der Waals surface area (Å²) >= 11 is 7.52. The SMILES string of the molecule is COC(=O)C(=O)[C@@]12CC[C@@]3(OC(C)O1)[C@@H]1CCC4=CC(=O)CC[C@]4(C)[C@@]1(Cl)[C@@H](O)C[C@]23C. The van der Waals surface area contributed by atoms with Crippen LogP contribution in [0.25, 0.3) is 0 Å². The molecule has 1 saturated heterocycles. The van der Waals surface area contributed by atoms with Gasteiger partial charge in [-0.1, -0.05) is 19.4 Å². The normalized spacial score (nSPS) is 51.8. The van der Waals surface area contributed by atoms with Crippen LogP contribution in [0.1, 0.15) is 65.7 Å². The van der Waals surface area contributed by atoms with Gasteiger partial charge in [0, 0.05) is 23.2 Å². The van der Waals surface area contributed by atoms with E-state index in [1.54, 1.807) is 13.0 Å². The fraction of sp³-hybridized carbons (Fsp3) is 0.792. The van der Waals surface area contributed by atoms with E-state index in [2.05, 4.69) is 6.92 Å². The number of aliphatic hydroxyl groups is 1. The molecule has 7 nitrogen and oxygen atoms in total. The Hall–Kier alpha value is -1.28. The molecule has 5 aliphatic rings. The van der Waals surface area contributed by atoms with E-state index >= 15 is 0 Å². The van der Waals surface area contributed by atoms with Crippen LogP contribution in [0.2, 0.25) is 0 Å². The van der Waals surface area contributed by atoms with Gasteiger partial charge in [-0.05, 0) is 51.5 Å². The summed E-state index contributed by atoms with van der Waals surface area (Å²) in [4.78, 5) is 36.9. The maximum atomic E-state index is 13.4. The van der Waals surface area contributed by atoms with Crippen LogP contribution < -0.4 is 0 Å². The molecule has 0 aromatic rings. The molecule has 8 heteroatoms. The number of carbonyl (C=O) groups excluding carboxylic acids is 3. The number of hydrogen-bond acceptors (Lipinski definition) is 7. The zero-order valence-electron chi connectivity index (χ0n) is 19.0. The Balaban J connectivity index is 1.69. The quantitative estimate of drug-likeness (QED) is 0.379. The summed E-state index contributed by atoms with van der Waals surface area (Å²) in [6, 6.07) is 0. The zero-order valence-corrected chi connectivity index (χ0v) is 19.8. The number of carbonyl (C=O) groups is 3. The van der Waals surface area contributed by atoms with Gasteiger partial charge in [-0.15, -0.1) is 11.6 Å². The highest BCUT2D eigenvalue weighted by molar-refractivity contribution is 6.37. The fourth-order valence-electron chi connectivity index (χ4n) is 8.24. The molecule has 4 fully saturated rings. The van der Waals surface area contributed by atoms with Gasteiger partial charge in [-0.25, -0.2) is 4.79 Å². The largest absolute Gasteiger partial charge is 0.463 e. The van der Waals surface area contributed by atoms with Crippen LogP contribution in [0.4, 0.5) is 0 Å². The molecule has 3 saturated carbocycles. The van der Waals surface area contributed by atoms with Crippen molar-refractivity contribution in [3.8, 4) is 0 Å². The van der Waals surface area contributed by atoms with Crippen LogP contribution in [0.5, 0.6) is 0 Å². The minimum Gasteiger partial charge on any atom is -0.463 e. The highest BCUT2D eigenvalue weighted by Crippen LogP contribution is 2.75. The molecule has 5 rings (SSSR count). The lowest BCUT2D eigenvalue weighted by atomic mass is 9.43. The first kappa shape index (κ1) is 22.5. The Morgan fingerprint density at radius 3 is 2.59 bits per heavy atom. The zero-order chi connectivity index (χ0) is 23.3. The van der Waals surface area contributed by atoms with Crippen molar-refractivity contribution < 1.29 is 33.7 Å². The van der Waals surface area contributed by atoms with Crippen LogP contribution in [0.15, 0.2) is 11.6 Å². The summed E-state index contributed by atoms with van der Waals surface area (Å²) in [5, 5.41) is 11.7. The van der Waals surface area contributed by atoms with Crippen molar-refractivity contribution in [2.75, 3.05) is 7.11 Å². The first-order valence-electron chi connectivity index (χ1n) is 11.5. The summed E-state index contributed by atoms with van der Waals surface area (Å²) < 4.78 is 17.5. The summed E-state index contributed by atoms with van der Waals surface area (Å²) in [6.07, 6.45) is 3.25. The van der Waals surface area contributed by atoms with Crippen LogP contribution in [-0.2, 0) is 28.6 Å². The molecule has 0 aromatic carbocycles. The van der Waals surface area contributed by atoms with Gasteiger partial charge in [0.1, 0.15) is 5.60 Å². The third kappa shape index (κ3) is 2.26. The molecule has 0 amide bonds. The molecule has 1 aliphatic heterocycles. The van der Waals surface area contributed by atoms with Crippen LogP contribution in [-0.4, -0.2) is 58.2 Å². The maximum absolute atomic E-state index is 13.4. The Morgan fingerprint density at radius 1 is 1.19 bits per heavy atom. The van der Waals surface area contributed by atoms with Crippen molar-refractivity contribution >= 4 is 29.1 Å². The second-order valence-corrected chi connectivity index (χ2v) is 11.3. The van der Waals surface area contributed by atoms with Gasteiger partial charge in [0.15, 0.2) is 12.1 Å². The number of ketones is 2. The van der Waals surface area contributed by atoms with Gasteiger partial charge in [0.25, 0.3) is 5.78 Å². The first-order valence-corrected chi connectivity index (χ1v) is 11.9. The summed E-state index contributed by atoms with van der Waals surface area (Å²) in [7, 11) is 1.18. The number of methoxy groups -OCH3 is 1. The summed E-state index contributed by atoms with van der Waals surface area (Å²) in [6.45, 7) is 5.68. The monoisotopic (exact) mass is 466 g/mol. The number of fused-ring (bicyclic) bond motifs is 3. The van der Waals surface area contributed by atoms with Crippen molar-refractivity contribution in [2.45, 2.75) is 94.2 Å². The van der Waals surface area contributed by atoms with Crippen LogP contribution in [0.3, 0.4) is 0 Å². The number of allylic oxidation sites excluding steroid dienone is 1. The van der Waals surface area contributed by atoms with Crippen molar-refractivity contribution in [2.24, 2.45) is 16.7 Å². The molecule has 0 radical (unpaired) electrons. The molecular formula is C24H31ClO7. The first-order chi connectivity index (χ1) is 14.9. The fourth-order valence-corrected chi connectivity index (χ4v) is 8.82. The van der Waals surface area contributed by atoms with Gasteiger partial charge in [-0.3, -0.25) is 9.59 Å². The summed E-state index contributed by atoms with van der Waals surface area (Å²) in [5.41, 5.74) is -2.80. The molecule has 0 aromatic heterocycles. The Labute approximate surface area is 192 Å². The highest BCUT2D eigenvalue weighted by Gasteiger charge is 2.83. The van der Waals surface area contributed by atoms with Gasteiger partial charge in [0.05, 0.1) is 23.7 Å². The number of rotatable bonds is 2. The number of hydrogen-bond donors (Lipinski definition) is 1. The second-order valence-electron chi connectivity index (χ2n) is 10.7. The lowest BCUT2D eigenvalue weighted by molar-refractivity contribution is -0.369. The minimum absolute atomic E-state index is 0.101. The van der Waals surface area contributed by atoms with E-state index in [1.165, 1.54) is 7.11 Å². The Bertz CT molecular complexity index is 947. The van der Waals surface area contributed by atoms with E-state index in [-0.39, 0.29) is 18.1 Å². The highest BCUT2D eigenvalue weighted by atomic mass is 35.5. The molecule has 1 unspecified atom stereocenters. The Morgan fingerprint density at radius 2 is 1.91 bits per heavy atom. The van der Waals surface area contributed by atoms with Crippen molar-refractivity contribution in [1.29, 1.82) is 0 Å². The minimum atomic E-state index is -1.43. The third-order valence-electron chi connectivity index (χ3n) is 9.77. The number of esters is 1. The number of halogens is 1. The standard InChI is InChI=1S/C24H31ClO7/c1-13-31-22-9-10-23(32-13,18(28)19(29)30-4)21(22,3)12-17(27)24(25)16(22)6-5-14-11-15(26)7-8-20(14,24)2/h11,13,16-17,27H,5-10,12H2,1-4H3/t13?,16-,17-,20-,21-,22+,23+,24-/m0/s1. The van der Waals surface area contributed by atoms with Crippen LogP contribution in [0, 0.1) is 16.7 Å². The molecule has 1 heterocycles. The van der Waals surface area contributed by atoms with E-state index in [9.17, 15) is 19.5 Å². The number of alkyl halides is 1. The van der Waals surface area contributed by atoms with E-state index in [1.807, 2.05) is 6.92 Å². The van der Waals surface area contributed by atoms with Gasteiger partial charge in [-0.2, -0.15) is 0 Å². The predicted molar refractivity (Wildman–Crippen MR) is 114 cm³/mol. The van der Waals surface area contributed by atoms with Crippen molar-refractivity contribution in [1.82, 2.24) is 0 Å². The average molecular weight is 467 g/mol. The number of ether oxygens (including phenoxy) is 3. The van der Waals surface area contributed by atoms with E-state index in [0.717, 1.165) is 5.57 Å². The van der Waals surface area contributed by atoms with E-state index < -0.39 is 51.1 Å². The molecule has 8 atom stereocenters. The smallest absolute Gasteiger partial charge is 0.377 e. The molecule has 32 heavy (non-hydrogen) atoms. The molecule has 2 bridgehead atoms. The number of Topliss-reactive ketones (excluding diaryl/α,β-unsaturated/α-hetero) is 1.